The van der Waals surface area contributed by atoms with E-state index in [1.807, 2.05) is 12.1 Å². The number of nitrogens with zero attached hydrogens (tertiary/aromatic N) is 2. The van der Waals surface area contributed by atoms with Crippen molar-refractivity contribution in [3.63, 3.8) is 0 Å². The largest absolute Gasteiger partial charge is 0.378 e. The Labute approximate surface area is 168 Å². The number of hydrazine groups is 2. The Bertz CT molecular complexity index is 929. The Kier molecular flexibility index (Phi) is 4.81. The van der Waals surface area contributed by atoms with Crippen LogP contribution in [0.25, 0.3) is 5.70 Å². The van der Waals surface area contributed by atoms with Crippen LogP contribution in [0.5, 0.6) is 0 Å². The zero-order valence-corrected chi connectivity index (χ0v) is 17.0. The predicted molar refractivity (Wildman–Crippen MR) is 111 cm³/mol. The Balaban J connectivity index is 1.73. The molecule has 2 heterocycles. The van der Waals surface area contributed by atoms with Crippen molar-refractivity contribution in [2.24, 2.45) is 5.92 Å². The Morgan fingerprint density at radius 2 is 2.04 bits per heavy atom. The van der Waals surface area contributed by atoms with E-state index in [4.69, 9.17) is 5.26 Å². The lowest BCUT2D eigenvalue weighted by Crippen LogP contribution is -2.40. The SMILES string of the molecule is CC1=C2c3ccc(Br)cc3C(Nc3ccc(CC#N)cc3)C(C)CN2NN1. The Hall–Kier alpha value is -2.49. The minimum Gasteiger partial charge on any atom is -0.378 e. The van der Waals surface area contributed by atoms with E-state index in [0.717, 1.165) is 28.0 Å². The second-order valence-electron chi connectivity index (χ2n) is 7.18. The highest BCUT2D eigenvalue weighted by atomic mass is 79.9. The van der Waals surface area contributed by atoms with Gasteiger partial charge in [-0.3, -0.25) is 5.01 Å². The summed E-state index contributed by atoms with van der Waals surface area (Å²) in [5.74, 6) is 0.370. The van der Waals surface area contributed by atoms with E-state index >= 15 is 0 Å². The van der Waals surface area contributed by atoms with E-state index in [2.05, 4.69) is 87.5 Å². The standard InChI is InChI=1S/C21H22BrN5/c1-13-12-27-21(14(2)25-26-27)18-8-5-16(22)11-19(18)20(13)24-17-6-3-15(4-7-17)9-10-23/h3-8,11,13,20,24-26H,9,12H2,1-2H3. The van der Waals surface area contributed by atoms with Gasteiger partial charge in [-0.2, -0.15) is 5.26 Å². The molecule has 2 aromatic carbocycles. The van der Waals surface area contributed by atoms with Gasteiger partial charge < -0.3 is 10.7 Å². The van der Waals surface area contributed by atoms with Crippen LogP contribution in [0.1, 0.15) is 36.6 Å². The zero-order valence-electron chi connectivity index (χ0n) is 15.4. The minimum atomic E-state index is 0.173. The average Bonchev–Trinajstić information content (AvgIpc) is 2.96. The lowest BCUT2D eigenvalue weighted by Gasteiger charge is -2.27. The zero-order chi connectivity index (χ0) is 19.0. The van der Waals surface area contributed by atoms with Gasteiger partial charge in [0.05, 0.1) is 29.9 Å². The summed E-state index contributed by atoms with van der Waals surface area (Å²) in [7, 11) is 0. The maximum atomic E-state index is 8.86. The highest BCUT2D eigenvalue weighted by molar-refractivity contribution is 9.10. The first-order chi connectivity index (χ1) is 13.1. The van der Waals surface area contributed by atoms with Crippen molar-refractivity contribution in [3.8, 4) is 6.07 Å². The number of fused-ring (bicyclic) bond motifs is 3. The van der Waals surface area contributed by atoms with E-state index in [9.17, 15) is 0 Å². The quantitative estimate of drug-likeness (QED) is 0.685. The summed E-state index contributed by atoms with van der Waals surface area (Å²) < 4.78 is 1.08. The maximum Gasteiger partial charge on any atom is 0.0814 e. The van der Waals surface area contributed by atoms with Crippen LogP contribution in [-0.4, -0.2) is 11.6 Å². The monoisotopic (exact) mass is 423 g/mol. The highest BCUT2D eigenvalue weighted by Crippen LogP contribution is 2.40. The summed E-state index contributed by atoms with van der Waals surface area (Å²) in [6, 6.07) is 17.0. The molecule has 3 N–H and O–H groups in total. The number of allylic oxidation sites excluding steroid dienone is 1. The van der Waals surface area contributed by atoms with Crippen molar-refractivity contribution in [1.82, 2.24) is 16.0 Å². The summed E-state index contributed by atoms with van der Waals surface area (Å²) in [5, 5.41) is 14.8. The summed E-state index contributed by atoms with van der Waals surface area (Å²) in [6.45, 7) is 5.25. The molecule has 0 bridgehead atoms. The second-order valence-corrected chi connectivity index (χ2v) is 8.10. The number of hydrogen-bond donors (Lipinski definition) is 3. The number of benzene rings is 2. The molecule has 0 saturated carbocycles. The molecule has 0 aromatic heterocycles. The number of halogens is 1. The van der Waals surface area contributed by atoms with Crippen LogP contribution in [-0.2, 0) is 6.42 Å². The second kappa shape index (κ2) is 7.26. The van der Waals surface area contributed by atoms with Crippen LogP contribution in [0.15, 0.2) is 52.6 Å². The van der Waals surface area contributed by atoms with Crippen LogP contribution in [0.3, 0.4) is 0 Å². The first-order valence-electron chi connectivity index (χ1n) is 9.09. The van der Waals surface area contributed by atoms with Crippen LogP contribution in [0, 0.1) is 17.2 Å². The molecule has 2 unspecified atom stereocenters. The average molecular weight is 424 g/mol. The molecule has 5 nitrogen and oxygen atoms in total. The van der Waals surface area contributed by atoms with Crippen molar-refractivity contribution in [1.29, 1.82) is 5.26 Å². The van der Waals surface area contributed by atoms with E-state index in [0.29, 0.717) is 12.3 Å². The molecular weight excluding hydrogens is 402 g/mol. The van der Waals surface area contributed by atoms with Gasteiger partial charge in [0.1, 0.15) is 0 Å². The van der Waals surface area contributed by atoms with Crippen LogP contribution in [0.2, 0.25) is 0 Å². The molecule has 2 aliphatic heterocycles. The van der Waals surface area contributed by atoms with Crippen molar-refractivity contribution in [2.75, 3.05) is 11.9 Å². The first kappa shape index (κ1) is 17.9. The van der Waals surface area contributed by atoms with Crippen molar-refractivity contribution >= 4 is 27.3 Å². The Morgan fingerprint density at radius 1 is 1.26 bits per heavy atom. The molecule has 0 spiro atoms. The third kappa shape index (κ3) is 3.41. The van der Waals surface area contributed by atoms with Gasteiger partial charge >= 0.3 is 0 Å². The predicted octanol–water partition coefficient (Wildman–Crippen LogP) is 4.33. The summed E-state index contributed by atoms with van der Waals surface area (Å²) >= 11 is 3.64. The van der Waals surface area contributed by atoms with Gasteiger partial charge in [-0.15, -0.1) is 5.53 Å². The molecule has 2 aliphatic rings. The molecule has 0 aliphatic carbocycles. The fourth-order valence-corrected chi connectivity index (χ4v) is 4.25. The van der Waals surface area contributed by atoms with Gasteiger partial charge in [-0.25, -0.2) is 0 Å². The summed E-state index contributed by atoms with van der Waals surface area (Å²) in [6.07, 6.45) is 0.441. The number of rotatable bonds is 3. The van der Waals surface area contributed by atoms with E-state index in [1.165, 1.54) is 16.8 Å². The molecule has 27 heavy (non-hydrogen) atoms. The van der Waals surface area contributed by atoms with Crippen LogP contribution < -0.4 is 16.3 Å². The molecule has 0 fully saturated rings. The minimum absolute atomic E-state index is 0.173. The lowest BCUT2D eigenvalue weighted by molar-refractivity contribution is 0.243. The third-order valence-electron chi connectivity index (χ3n) is 5.21. The number of nitrogens with one attached hydrogen (secondary N) is 3. The van der Waals surface area contributed by atoms with Crippen molar-refractivity contribution in [3.05, 3.63) is 69.3 Å². The van der Waals surface area contributed by atoms with Gasteiger partial charge in [-0.1, -0.05) is 41.1 Å². The Morgan fingerprint density at radius 3 is 2.78 bits per heavy atom. The molecular formula is C21H22BrN5. The van der Waals surface area contributed by atoms with Gasteiger partial charge in [0, 0.05) is 22.3 Å². The molecule has 138 valence electrons. The van der Waals surface area contributed by atoms with E-state index < -0.39 is 0 Å². The van der Waals surface area contributed by atoms with E-state index in [1.54, 1.807) is 0 Å². The fourth-order valence-electron chi connectivity index (χ4n) is 3.87. The normalized spacial score (nSPS) is 21.0. The van der Waals surface area contributed by atoms with Gasteiger partial charge in [0.2, 0.25) is 0 Å². The third-order valence-corrected chi connectivity index (χ3v) is 5.70. The first-order valence-corrected chi connectivity index (χ1v) is 9.88. The number of nitriles is 1. The van der Waals surface area contributed by atoms with E-state index in [-0.39, 0.29) is 6.04 Å². The van der Waals surface area contributed by atoms with Gasteiger partial charge in [0.25, 0.3) is 0 Å². The molecule has 6 heteroatoms. The molecule has 2 aromatic rings. The fraction of sp³-hybridized carbons (Fsp3) is 0.286. The lowest BCUT2D eigenvalue weighted by atomic mass is 9.91. The van der Waals surface area contributed by atoms with Crippen LogP contribution >= 0.6 is 15.9 Å². The summed E-state index contributed by atoms with van der Waals surface area (Å²) in [5.41, 5.74) is 13.5. The molecule has 0 saturated heterocycles. The van der Waals surface area contributed by atoms with Crippen molar-refractivity contribution < 1.29 is 0 Å². The number of hydrogen-bond acceptors (Lipinski definition) is 5. The van der Waals surface area contributed by atoms with Gasteiger partial charge in [0.15, 0.2) is 0 Å². The molecule has 2 atom stereocenters. The van der Waals surface area contributed by atoms with Crippen LogP contribution in [0.4, 0.5) is 5.69 Å². The smallest absolute Gasteiger partial charge is 0.0814 e. The maximum absolute atomic E-state index is 8.86. The van der Waals surface area contributed by atoms with Gasteiger partial charge in [-0.05, 0) is 48.2 Å². The van der Waals surface area contributed by atoms with Crippen molar-refractivity contribution in [2.45, 2.75) is 26.3 Å². The molecule has 0 radical (unpaired) electrons. The summed E-state index contributed by atoms with van der Waals surface area (Å²) in [4.78, 5) is 0. The molecule has 0 amide bonds. The number of anilines is 1. The highest BCUT2D eigenvalue weighted by Gasteiger charge is 2.34. The molecule has 4 rings (SSSR count). The topological polar surface area (TPSA) is 63.1 Å².